The van der Waals surface area contributed by atoms with Gasteiger partial charge >= 0.3 is 0 Å². The first-order valence-electron chi connectivity index (χ1n) is 4.98. The van der Waals surface area contributed by atoms with E-state index in [2.05, 4.69) is 5.32 Å². The summed E-state index contributed by atoms with van der Waals surface area (Å²) >= 11 is 0. The highest BCUT2D eigenvalue weighted by Gasteiger charge is 2.23. The Kier molecular flexibility index (Phi) is 2.98. The minimum Gasteiger partial charge on any atom is -0.371 e. The van der Waals surface area contributed by atoms with Crippen molar-refractivity contribution in [3.8, 4) is 0 Å². The second-order valence-corrected chi connectivity index (χ2v) is 3.71. The largest absolute Gasteiger partial charge is 0.371 e. The summed E-state index contributed by atoms with van der Waals surface area (Å²) in [5.74, 6) is -1.65. The minimum absolute atomic E-state index is 0.114. The van der Waals surface area contributed by atoms with Crippen LogP contribution in [0.5, 0.6) is 0 Å². The Bertz CT molecular complexity index is 356. The molecule has 0 amide bonds. The fraction of sp³-hybridized carbons (Fsp3) is 0.455. The summed E-state index contributed by atoms with van der Waals surface area (Å²) < 4.78 is 31.3. The molecule has 1 saturated heterocycles. The number of ether oxygens (including phenoxy) is 1. The van der Waals surface area contributed by atoms with Crippen LogP contribution in [0.3, 0.4) is 0 Å². The molecular weight excluding hydrogens is 200 g/mol. The Labute approximate surface area is 87.2 Å². The minimum atomic E-state index is -0.825. The monoisotopic (exact) mass is 213 g/mol. The van der Waals surface area contributed by atoms with Crippen molar-refractivity contribution < 1.29 is 13.5 Å². The van der Waals surface area contributed by atoms with Crippen LogP contribution >= 0.6 is 0 Å². The van der Waals surface area contributed by atoms with E-state index in [1.165, 1.54) is 6.07 Å². The smallest absolute Gasteiger partial charge is 0.159 e. The summed E-state index contributed by atoms with van der Waals surface area (Å²) in [7, 11) is 0. The van der Waals surface area contributed by atoms with E-state index in [0.717, 1.165) is 12.6 Å². The first kappa shape index (κ1) is 10.5. The van der Waals surface area contributed by atoms with Crippen molar-refractivity contribution in [2.45, 2.75) is 19.1 Å². The summed E-state index contributed by atoms with van der Waals surface area (Å²) in [6.07, 6.45) is -0.200. The molecule has 0 aliphatic carbocycles. The third-order valence-electron chi connectivity index (χ3n) is 2.59. The van der Waals surface area contributed by atoms with Gasteiger partial charge in [-0.3, -0.25) is 0 Å². The molecule has 0 saturated carbocycles. The van der Waals surface area contributed by atoms with Gasteiger partial charge in [0.1, 0.15) is 0 Å². The van der Waals surface area contributed by atoms with E-state index in [9.17, 15) is 8.78 Å². The van der Waals surface area contributed by atoms with Gasteiger partial charge in [0, 0.05) is 12.6 Å². The molecule has 1 aromatic rings. The molecule has 1 heterocycles. The van der Waals surface area contributed by atoms with Crippen LogP contribution in [0.4, 0.5) is 8.78 Å². The van der Waals surface area contributed by atoms with Gasteiger partial charge in [-0.15, -0.1) is 0 Å². The van der Waals surface area contributed by atoms with Gasteiger partial charge in [-0.05, 0) is 24.6 Å². The highest BCUT2D eigenvalue weighted by Crippen LogP contribution is 2.24. The van der Waals surface area contributed by atoms with Crippen LogP contribution in [-0.2, 0) is 4.74 Å². The molecular formula is C11H13F2NO. The lowest BCUT2D eigenvalue weighted by Crippen LogP contribution is -2.41. The van der Waals surface area contributed by atoms with Crippen molar-refractivity contribution in [2.24, 2.45) is 0 Å². The molecule has 2 unspecified atom stereocenters. The van der Waals surface area contributed by atoms with Crippen molar-refractivity contribution in [2.75, 3.05) is 13.2 Å². The topological polar surface area (TPSA) is 21.3 Å². The van der Waals surface area contributed by atoms with Gasteiger partial charge < -0.3 is 10.1 Å². The molecule has 15 heavy (non-hydrogen) atoms. The fourth-order valence-corrected chi connectivity index (χ4v) is 1.80. The molecule has 2 rings (SSSR count). The van der Waals surface area contributed by atoms with E-state index in [-0.39, 0.29) is 12.1 Å². The highest BCUT2D eigenvalue weighted by molar-refractivity contribution is 5.21. The first-order chi connectivity index (χ1) is 7.18. The third kappa shape index (κ3) is 2.16. The molecule has 0 bridgehead atoms. The molecule has 0 aromatic heterocycles. The van der Waals surface area contributed by atoms with Gasteiger partial charge in [-0.1, -0.05) is 6.07 Å². The predicted molar refractivity (Wildman–Crippen MR) is 52.5 cm³/mol. The van der Waals surface area contributed by atoms with Crippen molar-refractivity contribution in [1.29, 1.82) is 0 Å². The molecule has 1 aromatic carbocycles. The molecule has 1 fully saturated rings. The zero-order valence-electron chi connectivity index (χ0n) is 8.47. The zero-order chi connectivity index (χ0) is 10.8. The van der Waals surface area contributed by atoms with E-state index in [4.69, 9.17) is 4.74 Å². The van der Waals surface area contributed by atoms with Crippen molar-refractivity contribution in [3.05, 3.63) is 35.4 Å². The Hall–Kier alpha value is -1.00. The summed E-state index contributed by atoms with van der Waals surface area (Å²) in [6.45, 7) is 3.35. The second-order valence-electron chi connectivity index (χ2n) is 3.71. The maximum Gasteiger partial charge on any atom is 0.159 e. The lowest BCUT2D eigenvalue weighted by Gasteiger charge is -2.30. The Balaban J connectivity index is 2.24. The zero-order valence-corrected chi connectivity index (χ0v) is 8.47. The average Bonchev–Trinajstić information content (AvgIpc) is 2.23. The number of benzene rings is 1. The van der Waals surface area contributed by atoms with Crippen LogP contribution in [0.1, 0.15) is 18.6 Å². The first-order valence-corrected chi connectivity index (χ1v) is 4.98. The van der Waals surface area contributed by atoms with E-state index in [0.29, 0.717) is 12.2 Å². The molecule has 2 atom stereocenters. The maximum absolute atomic E-state index is 13.0. The van der Waals surface area contributed by atoms with Crippen LogP contribution in [0.15, 0.2) is 18.2 Å². The number of hydrogen-bond donors (Lipinski definition) is 1. The molecule has 82 valence electrons. The van der Waals surface area contributed by atoms with Crippen molar-refractivity contribution in [3.63, 3.8) is 0 Å². The van der Waals surface area contributed by atoms with Crippen molar-refractivity contribution in [1.82, 2.24) is 5.32 Å². The summed E-state index contributed by atoms with van der Waals surface area (Å²) in [5, 5.41) is 3.22. The lowest BCUT2D eigenvalue weighted by atomic mass is 10.0. The van der Waals surface area contributed by atoms with Crippen LogP contribution in [0.2, 0.25) is 0 Å². The standard InChI is InChI=1S/C11H13F2NO/c1-7-11(15-5-4-14-7)8-2-3-9(12)10(13)6-8/h2-3,6-7,11,14H,4-5H2,1H3. The number of nitrogens with one attached hydrogen (secondary N) is 1. The van der Waals surface area contributed by atoms with Gasteiger partial charge in [0.25, 0.3) is 0 Å². The van der Waals surface area contributed by atoms with Crippen LogP contribution in [0, 0.1) is 11.6 Å². The van der Waals surface area contributed by atoms with Crippen LogP contribution in [-0.4, -0.2) is 19.2 Å². The third-order valence-corrected chi connectivity index (χ3v) is 2.59. The molecule has 4 heteroatoms. The lowest BCUT2D eigenvalue weighted by molar-refractivity contribution is -0.000441. The van der Waals surface area contributed by atoms with E-state index in [1.54, 1.807) is 6.07 Å². The molecule has 1 aliphatic heterocycles. The van der Waals surface area contributed by atoms with E-state index < -0.39 is 11.6 Å². The quantitative estimate of drug-likeness (QED) is 0.770. The number of rotatable bonds is 1. The Morgan fingerprint density at radius 2 is 2.13 bits per heavy atom. The highest BCUT2D eigenvalue weighted by atomic mass is 19.2. The Morgan fingerprint density at radius 3 is 2.80 bits per heavy atom. The number of morpholine rings is 1. The molecule has 2 nitrogen and oxygen atoms in total. The molecule has 1 aliphatic rings. The van der Waals surface area contributed by atoms with Crippen LogP contribution in [0.25, 0.3) is 0 Å². The SMILES string of the molecule is CC1NCCOC1c1ccc(F)c(F)c1. The van der Waals surface area contributed by atoms with Crippen LogP contribution < -0.4 is 5.32 Å². The summed E-state index contributed by atoms with van der Waals surface area (Å²) in [4.78, 5) is 0. The average molecular weight is 213 g/mol. The van der Waals surface area contributed by atoms with Gasteiger partial charge in [0.2, 0.25) is 0 Å². The van der Waals surface area contributed by atoms with E-state index in [1.807, 2.05) is 6.92 Å². The van der Waals surface area contributed by atoms with Crippen molar-refractivity contribution >= 4 is 0 Å². The molecule has 1 N–H and O–H groups in total. The fourth-order valence-electron chi connectivity index (χ4n) is 1.80. The Morgan fingerprint density at radius 1 is 1.33 bits per heavy atom. The number of halogens is 2. The summed E-state index contributed by atoms with van der Waals surface area (Å²) in [5.41, 5.74) is 0.675. The molecule has 0 spiro atoms. The van der Waals surface area contributed by atoms with E-state index >= 15 is 0 Å². The normalized spacial score (nSPS) is 26.6. The summed E-state index contributed by atoms with van der Waals surface area (Å²) in [6, 6.07) is 4.01. The predicted octanol–water partition coefficient (Wildman–Crippen LogP) is 2.01. The molecule has 0 radical (unpaired) electrons. The second kappa shape index (κ2) is 4.24. The maximum atomic E-state index is 13.0. The van der Waals surface area contributed by atoms with Gasteiger partial charge in [-0.2, -0.15) is 0 Å². The van der Waals surface area contributed by atoms with Gasteiger partial charge in [0.15, 0.2) is 11.6 Å². The number of hydrogen-bond acceptors (Lipinski definition) is 2. The van der Waals surface area contributed by atoms with Gasteiger partial charge in [0.05, 0.1) is 12.7 Å². The van der Waals surface area contributed by atoms with Gasteiger partial charge in [-0.25, -0.2) is 8.78 Å².